The number of hydrogen-bond donors (Lipinski definition) is 1. The van der Waals surface area contributed by atoms with Gasteiger partial charge in [0.1, 0.15) is 6.79 Å². The normalized spacial score (nSPS) is 10.6. The van der Waals surface area contributed by atoms with Crippen molar-refractivity contribution in [2.24, 2.45) is 0 Å². The van der Waals surface area contributed by atoms with Crippen LogP contribution >= 0.6 is 0 Å². The summed E-state index contributed by atoms with van der Waals surface area (Å²) in [7, 11) is 0. The smallest absolute Gasteiger partial charge is 0.143 e. The lowest BCUT2D eigenvalue weighted by Gasteiger charge is -1.88. The minimum absolute atomic E-state index is 0.190. The third-order valence-electron chi connectivity index (χ3n) is 0.541. The summed E-state index contributed by atoms with van der Waals surface area (Å²) in [6.07, 6.45) is 3.70. The van der Waals surface area contributed by atoms with Crippen molar-refractivity contribution in [3.8, 4) is 0 Å². The van der Waals surface area contributed by atoms with E-state index in [1.807, 2.05) is 19.1 Å². The van der Waals surface area contributed by atoms with Gasteiger partial charge in [0, 0.05) is 0 Å². The first-order valence-corrected chi connectivity index (χ1v) is 2.21. The lowest BCUT2D eigenvalue weighted by molar-refractivity contribution is 0.0131. The van der Waals surface area contributed by atoms with E-state index in [1.54, 1.807) is 0 Å². The summed E-state index contributed by atoms with van der Waals surface area (Å²) in [6.45, 7) is 2.22. The van der Waals surface area contributed by atoms with E-state index in [0.29, 0.717) is 6.61 Å². The third kappa shape index (κ3) is 5.66. The maximum Gasteiger partial charge on any atom is 0.143 e. The molecule has 0 saturated heterocycles. The summed E-state index contributed by atoms with van der Waals surface area (Å²) in [5.41, 5.74) is 0. The molecule has 0 atom stereocenters. The summed E-state index contributed by atoms with van der Waals surface area (Å²) < 4.78 is 4.54. The van der Waals surface area contributed by atoms with E-state index in [9.17, 15) is 0 Å². The van der Waals surface area contributed by atoms with Gasteiger partial charge >= 0.3 is 0 Å². The van der Waals surface area contributed by atoms with Gasteiger partial charge in [-0.2, -0.15) is 0 Å². The predicted molar refractivity (Wildman–Crippen MR) is 27.9 cm³/mol. The van der Waals surface area contributed by atoms with Gasteiger partial charge in [0.25, 0.3) is 0 Å². The van der Waals surface area contributed by atoms with Crippen molar-refractivity contribution < 1.29 is 9.84 Å². The van der Waals surface area contributed by atoms with E-state index in [2.05, 4.69) is 4.74 Å². The van der Waals surface area contributed by atoms with Crippen LogP contribution in [0.1, 0.15) is 6.92 Å². The highest BCUT2D eigenvalue weighted by atomic mass is 16.6. The van der Waals surface area contributed by atoms with E-state index >= 15 is 0 Å². The standard InChI is InChI=1S/C5H10O2/c1-2-3-4-7-5-6/h2-3,6H,4-5H2,1H3. The van der Waals surface area contributed by atoms with Crippen LogP contribution in [-0.2, 0) is 4.74 Å². The van der Waals surface area contributed by atoms with Crippen molar-refractivity contribution in [2.75, 3.05) is 13.4 Å². The Morgan fingerprint density at radius 2 is 2.43 bits per heavy atom. The predicted octanol–water partition coefficient (Wildman–Crippen LogP) is 0.529. The lowest BCUT2D eigenvalue weighted by Crippen LogP contribution is -1.90. The van der Waals surface area contributed by atoms with Crippen LogP contribution < -0.4 is 0 Å². The van der Waals surface area contributed by atoms with Crippen molar-refractivity contribution in [3.63, 3.8) is 0 Å². The number of rotatable bonds is 3. The van der Waals surface area contributed by atoms with Crippen LogP contribution in [0.25, 0.3) is 0 Å². The molecule has 0 aromatic rings. The topological polar surface area (TPSA) is 29.5 Å². The van der Waals surface area contributed by atoms with Crippen molar-refractivity contribution >= 4 is 0 Å². The molecule has 42 valence electrons. The fraction of sp³-hybridized carbons (Fsp3) is 0.600. The van der Waals surface area contributed by atoms with Gasteiger partial charge in [-0.1, -0.05) is 12.2 Å². The molecule has 0 saturated carbocycles. The highest BCUT2D eigenvalue weighted by Crippen LogP contribution is 1.72. The van der Waals surface area contributed by atoms with Crippen LogP contribution in [-0.4, -0.2) is 18.5 Å². The first-order chi connectivity index (χ1) is 3.41. The van der Waals surface area contributed by atoms with Crippen LogP contribution in [0.4, 0.5) is 0 Å². The number of allylic oxidation sites excluding steroid dienone is 1. The maximum absolute atomic E-state index is 8.04. The van der Waals surface area contributed by atoms with Crippen LogP contribution in [0.15, 0.2) is 12.2 Å². The molecule has 0 fully saturated rings. The van der Waals surface area contributed by atoms with Gasteiger partial charge < -0.3 is 9.84 Å². The van der Waals surface area contributed by atoms with Gasteiger partial charge in [0.2, 0.25) is 0 Å². The van der Waals surface area contributed by atoms with Crippen LogP contribution in [0.2, 0.25) is 0 Å². The number of aliphatic hydroxyl groups excluding tert-OH is 1. The van der Waals surface area contributed by atoms with E-state index in [0.717, 1.165) is 0 Å². The van der Waals surface area contributed by atoms with Gasteiger partial charge in [0.05, 0.1) is 6.61 Å². The minimum Gasteiger partial charge on any atom is -0.371 e. The molecule has 1 N–H and O–H groups in total. The molecular weight excluding hydrogens is 92.1 g/mol. The molecule has 2 nitrogen and oxygen atoms in total. The molecular formula is C5H10O2. The Kier molecular flexibility index (Phi) is 5.39. The van der Waals surface area contributed by atoms with Crippen molar-refractivity contribution in [3.05, 3.63) is 12.2 Å². The van der Waals surface area contributed by atoms with Crippen LogP contribution in [0, 0.1) is 0 Å². The molecule has 7 heavy (non-hydrogen) atoms. The number of aliphatic hydroxyl groups is 1. The summed E-state index contributed by atoms with van der Waals surface area (Å²) in [4.78, 5) is 0. The van der Waals surface area contributed by atoms with Gasteiger partial charge in [-0.15, -0.1) is 0 Å². The average Bonchev–Trinajstić information content (AvgIpc) is 1.69. The fourth-order valence-corrected chi connectivity index (χ4v) is 0.217. The van der Waals surface area contributed by atoms with Crippen molar-refractivity contribution in [2.45, 2.75) is 6.92 Å². The Morgan fingerprint density at radius 1 is 1.71 bits per heavy atom. The average molecular weight is 102 g/mol. The Morgan fingerprint density at radius 3 is 2.86 bits per heavy atom. The zero-order chi connectivity index (χ0) is 5.54. The summed E-state index contributed by atoms with van der Waals surface area (Å²) in [5, 5.41) is 8.04. The molecule has 0 unspecified atom stereocenters. The van der Waals surface area contributed by atoms with Crippen LogP contribution in [0.5, 0.6) is 0 Å². The minimum atomic E-state index is -0.190. The zero-order valence-corrected chi connectivity index (χ0v) is 4.42. The molecule has 0 spiro atoms. The second-order valence-electron chi connectivity index (χ2n) is 1.07. The van der Waals surface area contributed by atoms with Crippen LogP contribution in [0.3, 0.4) is 0 Å². The first-order valence-electron chi connectivity index (χ1n) is 2.21. The van der Waals surface area contributed by atoms with E-state index in [-0.39, 0.29) is 6.79 Å². The second kappa shape index (κ2) is 5.66. The molecule has 0 aliphatic heterocycles. The van der Waals surface area contributed by atoms with Crippen molar-refractivity contribution in [1.82, 2.24) is 0 Å². The Balaban J connectivity index is 2.69. The highest BCUT2D eigenvalue weighted by molar-refractivity contribution is 4.75. The molecule has 0 amide bonds. The van der Waals surface area contributed by atoms with E-state index in [1.165, 1.54) is 0 Å². The second-order valence-corrected chi connectivity index (χ2v) is 1.07. The van der Waals surface area contributed by atoms with Crippen molar-refractivity contribution in [1.29, 1.82) is 0 Å². The lowest BCUT2D eigenvalue weighted by atomic mass is 10.6. The molecule has 0 heterocycles. The summed E-state index contributed by atoms with van der Waals surface area (Å²) >= 11 is 0. The van der Waals surface area contributed by atoms with Gasteiger partial charge in [-0.3, -0.25) is 0 Å². The molecule has 0 aromatic carbocycles. The SMILES string of the molecule is CC=CCOCO. The monoisotopic (exact) mass is 102 g/mol. The first kappa shape index (κ1) is 6.66. The van der Waals surface area contributed by atoms with E-state index in [4.69, 9.17) is 5.11 Å². The summed E-state index contributed by atoms with van der Waals surface area (Å²) in [5.74, 6) is 0. The molecule has 2 heteroatoms. The maximum atomic E-state index is 8.04. The molecule has 0 aromatic heterocycles. The molecule has 0 aliphatic rings. The molecule has 0 bridgehead atoms. The molecule has 0 rings (SSSR count). The largest absolute Gasteiger partial charge is 0.371 e. The third-order valence-corrected chi connectivity index (χ3v) is 0.541. The highest BCUT2D eigenvalue weighted by Gasteiger charge is 1.70. The Labute approximate surface area is 43.4 Å². The van der Waals surface area contributed by atoms with Gasteiger partial charge in [-0.25, -0.2) is 0 Å². The Hall–Kier alpha value is -0.340. The number of hydrogen-bond acceptors (Lipinski definition) is 2. The Bertz CT molecular complexity index is 50.0. The molecule has 0 radical (unpaired) electrons. The zero-order valence-electron chi connectivity index (χ0n) is 4.42. The quantitative estimate of drug-likeness (QED) is 0.320. The molecule has 0 aliphatic carbocycles. The van der Waals surface area contributed by atoms with Gasteiger partial charge in [0.15, 0.2) is 0 Å². The van der Waals surface area contributed by atoms with Gasteiger partial charge in [-0.05, 0) is 6.92 Å². The fourth-order valence-electron chi connectivity index (χ4n) is 0.217. The van der Waals surface area contributed by atoms with E-state index < -0.39 is 0 Å². The number of ether oxygens (including phenoxy) is 1. The summed E-state index contributed by atoms with van der Waals surface area (Å²) in [6, 6.07) is 0.